The van der Waals surface area contributed by atoms with E-state index in [1.54, 1.807) is 0 Å². The first-order valence-corrected chi connectivity index (χ1v) is 7.58. The van der Waals surface area contributed by atoms with Crippen molar-refractivity contribution in [2.75, 3.05) is 19.6 Å². The van der Waals surface area contributed by atoms with Crippen LogP contribution in [0.5, 0.6) is 0 Å². The van der Waals surface area contributed by atoms with Crippen LogP contribution < -0.4 is 16.2 Å². The van der Waals surface area contributed by atoms with Crippen molar-refractivity contribution in [2.45, 2.75) is 6.10 Å². The highest BCUT2D eigenvalue weighted by molar-refractivity contribution is 5.92. The van der Waals surface area contributed by atoms with E-state index in [0.29, 0.717) is 25.3 Å². The summed E-state index contributed by atoms with van der Waals surface area (Å²) >= 11 is 0. The first-order chi connectivity index (χ1) is 11.5. The van der Waals surface area contributed by atoms with Gasteiger partial charge in [-0.15, -0.1) is 12.4 Å². The minimum Gasteiger partial charge on any atom is -0.391 e. The average Bonchev–Trinajstić information content (AvgIpc) is 2.99. The molecule has 1 amide bonds. The molecule has 1 aromatic heterocycles. The van der Waals surface area contributed by atoms with Crippen molar-refractivity contribution >= 4 is 18.3 Å². The second kappa shape index (κ2) is 8.19. The molecule has 0 radical (unpaired) electrons. The van der Waals surface area contributed by atoms with Gasteiger partial charge >= 0.3 is 0 Å². The molecule has 2 aromatic rings. The van der Waals surface area contributed by atoms with Crippen LogP contribution >= 0.6 is 12.4 Å². The van der Waals surface area contributed by atoms with Gasteiger partial charge in [0.2, 0.25) is 0 Å². The Bertz CT molecular complexity index is 797. The van der Waals surface area contributed by atoms with Gasteiger partial charge in [0.25, 0.3) is 11.5 Å². The van der Waals surface area contributed by atoms with E-state index >= 15 is 0 Å². The number of benzene rings is 1. The number of nitrogens with zero attached hydrogens (tertiary/aromatic N) is 2. The van der Waals surface area contributed by atoms with E-state index in [-0.39, 0.29) is 24.0 Å². The van der Waals surface area contributed by atoms with Gasteiger partial charge in [-0.1, -0.05) is 0 Å². The number of rotatable bonds is 4. The SMILES string of the molecule is Cl.O=C(NCC1CNCC1O)c1ccc(=O)n(-c2ccc(F)cc2)n1. The molecule has 1 aromatic carbocycles. The highest BCUT2D eigenvalue weighted by Crippen LogP contribution is 2.08. The van der Waals surface area contributed by atoms with E-state index in [1.165, 1.54) is 36.4 Å². The first kappa shape index (κ1) is 19.0. The van der Waals surface area contributed by atoms with Crippen molar-refractivity contribution in [1.82, 2.24) is 20.4 Å². The molecule has 7 nitrogen and oxygen atoms in total. The number of halogens is 2. The maximum absolute atomic E-state index is 13.0. The third kappa shape index (κ3) is 4.41. The lowest BCUT2D eigenvalue weighted by Gasteiger charge is -2.14. The van der Waals surface area contributed by atoms with Gasteiger partial charge in [0.05, 0.1) is 11.8 Å². The van der Waals surface area contributed by atoms with E-state index in [4.69, 9.17) is 0 Å². The van der Waals surface area contributed by atoms with E-state index in [2.05, 4.69) is 15.7 Å². The molecule has 1 saturated heterocycles. The molecule has 9 heteroatoms. The maximum atomic E-state index is 13.0. The van der Waals surface area contributed by atoms with Crippen LogP contribution in [-0.4, -0.2) is 46.5 Å². The molecule has 1 aliphatic rings. The Morgan fingerprint density at radius 2 is 2.00 bits per heavy atom. The Hall–Kier alpha value is -2.29. The second-order valence-corrected chi connectivity index (χ2v) is 5.64. The molecule has 134 valence electrons. The average molecular weight is 369 g/mol. The third-order valence-electron chi connectivity index (χ3n) is 3.93. The van der Waals surface area contributed by atoms with E-state index in [0.717, 1.165) is 4.68 Å². The normalized spacial score (nSPS) is 19.3. The summed E-state index contributed by atoms with van der Waals surface area (Å²) in [6, 6.07) is 7.81. The molecule has 3 rings (SSSR count). The lowest BCUT2D eigenvalue weighted by atomic mass is 10.1. The summed E-state index contributed by atoms with van der Waals surface area (Å²) in [4.78, 5) is 24.1. The van der Waals surface area contributed by atoms with Gasteiger partial charge in [-0.2, -0.15) is 9.78 Å². The van der Waals surface area contributed by atoms with Crippen molar-refractivity contribution in [1.29, 1.82) is 0 Å². The van der Waals surface area contributed by atoms with Crippen LogP contribution in [0.15, 0.2) is 41.2 Å². The molecule has 1 fully saturated rings. The number of carbonyl (C=O) groups excluding carboxylic acids is 1. The van der Waals surface area contributed by atoms with Crippen molar-refractivity contribution in [3.8, 4) is 5.69 Å². The molecular weight excluding hydrogens is 351 g/mol. The Kier molecular flexibility index (Phi) is 6.24. The number of hydrogen-bond acceptors (Lipinski definition) is 5. The second-order valence-electron chi connectivity index (χ2n) is 5.64. The number of aromatic nitrogens is 2. The van der Waals surface area contributed by atoms with Gasteiger partial charge in [0.1, 0.15) is 11.5 Å². The van der Waals surface area contributed by atoms with Crippen LogP contribution in [0.4, 0.5) is 4.39 Å². The molecule has 0 bridgehead atoms. The molecule has 2 heterocycles. The number of aliphatic hydroxyl groups is 1. The molecule has 2 atom stereocenters. The van der Waals surface area contributed by atoms with Gasteiger partial charge in [-0.25, -0.2) is 4.39 Å². The summed E-state index contributed by atoms with van der Waals surface area (Å²) in [6.07, 6.45) is -0.494. The van der Waals surface area contributed by atoms with Gasteiger partial charge in [0.15, 0.2) is 0 Å². The minimum absolute atomic E-state index is 0. The van der Waals surface area contributed by atoms with Crippen LogP contribution in [0.1, 0.15) is 10.5 Å². The number of aliphatic hydroxyl groups excluding tert-OH is 1. The van der Waals surface area contributed by atoms with Crippen LogP contribution in [0.2, 0.25) is 0 Å². The van der Waals surface area contributed by atoms with Crippen LogP contribution in [-0.2, 0) is 0 Å². The van der Waals surface area contributed by atoms with Gasteiger partial charge in [-0.3, -0.25) is 9.59 Å². The van der Waals surface area contributed by atoms with Crippen LogP contribution in [0, 0.1) is 11.7 Å². The predicted molar refractivity (Wildman–Crippen MR) is 91.7 cm³/mol. The summed E-state index contributed by atoms with van der Waals surface area (Å²) in [5, 5.41) is 19.5. The zero-order valence-electron chi connectivity index (χ0n) is 13.2. The van der Waals surface area contributed by atoms with Crippen LogP contribution in [0.3, 0.4) is 0 Å². The molecule has 3 N–H and O–H groups in total. The first-order valence-electron chi connectivity index (χ1n) is 7.58. The summed E-state index contributed by atoms with van der Waals surface area (Å²) in [5.74, 6) is -0.925. The van der Waals surface area contributed by atoms with Gasteiger partial charge in [-0.05, 0) is 30.3 Å². The fourth-order valence-electron chi connectivity index (χ4n) is 2.54. The van der Waals surface area contributed by atoms with Gasteiger partial charge < -0.3 is 15.7 Å². The predicted octanol–water partition coefficient (Wildman–Crippen LogP) is 0.103. The smallest absolute Gasteiger partial charge is 0.271 e. The van der Waals surface area contributed by atoms with E-state index in [9.17, 15) is 19.1 Å². The molecule has 0 aliphatic carbocycles. The van der Waals surface area contributed by atoms with Crippen LogP contribution in [0.25, 0.3) is 5.69 Å². The standard InChI is InChI=1S/C16H17FN4O3.ClH/c17-11-1-3-12(4-2-11)21-15(23)6-5-13(20-21)16(24)19-8-10-7-18-9-14(10)22;/h1-6,10,14,18,22H,7-9H2,(H,19,24);1H. The molecule has 0 spiro atoms. The van der Waals surface area contributed by atoms with E-state index < -0.39 is 23.4 Å². The molecular formula is C16H18ClFN4O3. The van der Waals surface area contributed by atoms with Crippen molar-refractivity contribution in [2.24, 2.45) is 5.92 Å². The lowest BCUT2D eigenvalue weighted by Crippen LogP contribution is -2.35. The van der Waals surface area contributed by atoms with Crippen molar-refractivity contribution < 1.29 is 14.3 Å². The largest absolute Gasteiger partial charge is 0.391 e. The Balaban J connectivity index is 0.00000225. The molecule has 2 unspecified atom stereocenters. The number of carbonyl (C=O) groups is 1. The quantitative estimate of drug-likeness (QED) is 0.711. The number of hydrogen-bond donors (Lipinski definition) is 3. The number of nitrogens with one attached hydrogen (secondary N) is 2. The molecule has 1 aliphatic heterocycles. The molecule has 25 heavy (non-hydrogen) atoms. The fourth-order valence-corrected chi connectivity index (χ4v) is 2.54. The Morgan fingerprint density at radius 1 is 1.28 bits per heavy atom. The lowest BCUT2D eigenvalue weighted by molar-refractivity contribution is 0.0920. The van der Waals surface area contributed by atoms with Crippen molar-refractivity contribution in [3.05, 3.63) is 58.3 Å². The minimum atomic E-state index is -0.494. The summed E-state index contributed by atoms with van der Waals surface area (Å²) in [7, 11) is 0. The summed E-state index contributed by atoms with van der Waals surface area (Å²) < 4.78 is 14.0. The highest BCUT2D eigenvalue weighted by atomic mass is 35.5. The third-order valence-corrected chi connectivity index (χ3v) is 3.93. The number of amides is 1. The zero-order chi connectivity index (χ0) is 17.1. The fraction of sp³-hybridized carbons (Fsp3) is 0.312. The van der Waals surface area contributed by atoms with Crippen molar-refractivity contribution in [3.63, 3.8) is 0 Å². The Labute approximate surface area is 149 Å². The molecule has 0 saturated carbocycles. The van der Waals surface area contributed by atoms with E-state index in [1.807, 2.05) is 0 Å². The monoisotopic (exact) mass is 368 g/mol. The topological polar surface area (TPSA) is 96.3 Å². The number of β-amino-alcohol motifs (C(OH)–C–C–N with tert-alkyl or cyclic N) is 1. The maximum Gasteiger partial charge on any atom is 0.271 e. The Morgan fingerprint density at radius 3 is 2.64 bits per heavy atom. The zero-order valence-corrected chi connectivity index (χ0v) is 14.0. The highest BCUT2D eigenvalue weighted by Gasteiger charge is 2.25. The summed E-state index contributed by atoms with van der Waals surface area (Å²) in [6.45, 7) is 1.45. The van der Waals surface area contributed by atoms with Gasteiger partial charge in [0, 0.05) is 31.6 Å². The summed E-state index contributed by atoms with van der Waals surface area (Å²) in [5.41, 5.74) is 0.0133.